The molecule has 0 saturated carbocycles. The van der Waals surface area contributed by atoms with Crippen LogP contribution in [0.4, 0.5) is 39.5 Å². The van der Waals surface area contributed by atoms with Gasteiger partial charge in [0, 0.05) is 82.3 Å². The van der Waals surface area contributed by atoms with Gasteiger partial charge in [-0.25, -0.2) is 4.79 Å². The molecule has 7 aromatic rings. The Bertz CT molecular complexity index is 4600. The fourth-order valence-electron chi connectivity index (χ4n) is 10.1. The van der Waals surface area contributed by atoms with E-state index in [1.54, 1.807) is 5.32 Å². The molecule has 0 spiro atoms. The Balaban J connectivity index is 0.000000196. The van der Waals surface area contributed by atoms with Crippen molar-refractivity contribution in [2.45, 2.75) is 107 Å². The second kappa shape index (κ2) is 39.0. The number of nitrogens with two attached hydrogens (primary N) is 1. The number of thiophene rings is 7. The second-order valence-corrected chi connectivity index (χ2v) is 47.0. The van der Waals surface area contributed by atoms with E-state index < -0.39 is 79.1 Å². The first-order valence-electron chi connectivity index (χ1n) is 27.8. The van der Waals surface area contributed by atoms with Crippen LogP contribution in [-0.2, 0) is 33.4 Å². The lowest BCUT2D eigenvalue weighted by Crippen LogP contribution is -2.39. The molecule has 6 aliphatic rings. The molecule has 6 atom stereocenters. The van der Waals surface area contributed by atoms with E-state index in [1.165, 1.54) is 81.0 Å². The molecule has 7 aromatic heterocycles. The van der Waals surface area contributed by atoms with Crippen molar-refractivity contribution in [2.24, 2.45) is 5.73 Å². The second-order valence-electron chi connectivity index (χ2n) is 21.3. The van der Waals surface area contributed by atoms with Gasteiger partial charge in [-0.1, -0.05) is 0 Å². The van der Waals surface area contributed by atoms with Crippen molar-refractivity contribution in [1.82, 2.24) is 10.6 Å². The number of carboxylic acid groups (broad SMARTS) is 1. The SMILES string of the molecule is CC(=O)OC1CC(=O)c2c(Br)sc(Br)c21.Cl.NC1CC(=O)c2c(Br)sc(Br)c21.O=C(O)CC(NC(=O)C(F)(F)F)c1cc(Br)sc1Br.O=C1CC(=O)c2c(Br)sc(Br)c21.O=C1CC(NC(=O)C(F)(F)F)c2c(Br)sc(Br)c21.O=C1CC(O)c2c(Br)sc(Br)c21.O=C1CC(OC(=O)C(F)(F)F)c2c(Br)sc(Br)c21. The number of nitrogens with one attached hydrogen (secondary N) is 2. The molecule has 50 heteroatoms. The molecule has 7 heterocycles. The van der Waals surface area contributed by atoms with Gasteiger partial charge in [0.1, 0.15) is 12.2 Å². The summed E-state index contributed by atoms with van der Waals surface area (Å²) in [5.41, 5.74) is 13.1. The number of carbonyl (C=O) groups excluding carboxylic acids is 11. The molecule has 580 valence electrons. The average molecular weight is 2560 g/mol. The number of alkyl halides is 9. The Kier molecular flexibility index (Phi) is 34.7. The monoisotopic (exact) mass is 2550 g/mol. The number of rotatable bonds is 7. The molecular formula is C57H31Br14ClF9N3O16S7. The molecule has 6 aliphatic carbocycles. The summed E-state index contributed by atoms with van der Waals surface area (Å²) in [7, 11) is 0. The quantitative estimate of drug-likeness (QED) is 0.0562. The predicted molar refractivity (Wildman–Crippen MR) is 431 cm³/mol. The Morgan fingerprint density at radius 2 is 0.822 bits per heavy atom. The number of hydrogen-bond acceptors (Lipinski definition) is 23. The zero-order valence-electron chi connectivity index (χ0n) is 51.1. The van der Waals surface area contributed by atoms with Crippen LogP contribution in [0, 0.1) is 0 Å². The van der Waals surface area contributed by atoms with E-state index >= 15 is 0 Å². The predicted octanol–water partition coefficient (Wildman–Crippen LogP) is 23.7. The number of aliphatic hydroxyl groups is 1. The fraction of sp³-hybridized carbons (Fsp3) is 0.298. The van der Waals surface area contributed by atoms with Gasteiger partial charge in [-0.3, -0.25) is 52.7 Å². The summed E-state index contributed by atoms with van der Waals surface area (Å²) in [5.74, 6) is -8.80. The molecule has 6 N–H and O–H groups in total. The Morgan fingerprint density at radius 1 is 0.467 bits per heavy atom. The number of ether oxygens (including phenoxy) is 2. The van der Waals surface area contributed by atoms with Crippen LogP contribution in [0.5, 0.6) is 0 Å². The summed E-state index contributed by atoms with van der Waals surface area (Å²) in [4.78, 5) is 134. The highest BCUT2D eigenvalue weighted by molar-refractivity contribution is 9.14. The largest absolute Gasteiger partial charge is 0.490 e. The lowest BCUT2D eigenvalue weighted by molar-refractivity contribution is -0.204. The summed E-state index contributed by atoms with van der Waals surface area (Å²) in [5, 5.41) is 21.7. The minimum absolute atomic E-state index is 0. The normalized spacial score (nSPS) is 18.0. The molecule has 0 bridgehead atoms. The van der Waals surface area contributed by atoms with Gasteiger partial charge in [-0.2, -0.15) is 39.5 Å². The zero-order valence-corrected chi connectivity index (χ0v) is 79.9. The van der Waals surface area contributed by atoms with Crippen molar-refractivity contribution in [1.29, 1.82) is 0 Å². The average Bonchev–Trinajstić information content (AvgIpc) is 1.71. The summed E-state index contributed by atoms with van der Waals surface area (Å²) in [6.45, 7) is 1.35. The Morgan fingerprint density at radius 3 is 1.21 bits per heavy atom. The maximum Gasteiger partial charge on any atom is 0.490 e. The lowest BCUT2D eigenvalue weighted by atomic mass is 10.1. The van der Waals surface area contributed by atoms with Crippen LogP contribution in [0.15, 0.2) is 59.1 Å². The zero-order chi connectivity index (χ0) is 79.9. The highest BCUT2D eigenvalue weighted by Gasteiger charge is 2.48. The Labute approximate surface area is 746 Å². The molecule has 107 heavy (non-hydrogen) atoms. The molecule has 0 aromatic carbocycles. The molecule has 13 rings (SSSR count). The molecule has 0 aliphatic heterocycles. The molecule has 0 fully saturated rings. The van der Waals surface area contributed by atoms with E-state index in [1.807, 2.05) is 5.32 Å². The molecule has 2 amide bonds. The van der Waals surface area contributed by atoms with Gasteiger partial charge >= 0.3 is 48.3 Å². The number of carbonyl (C=O) groups is 12. The van der Waals surface area contributed by atoms with E-state index in [9.17, 15) is 102 Å². The standard InChI is InChI=1S/C9H6Br2F3NO3S.C9H4Br2F3NO2S.C9H3Br2F3O3S.C9H6Br2O3S.C7H5Br2NOS.C7H4Br2O2S.C7H2Br2O2S.ClH/c10-5-1-3(7(11)19-5)4(2-6(16)17)15-8(18)9(12,13)14;10-6-4-2(15-8(17)9(12,13)14)1-3(16)5(4)7(11)18-6;10-6-4-2(15)1-3(5(4)7(11)18-6)17-8(16)9(12,13)14;1-3(12)14-5-2-4(13)6-7(5)9(11)15-8(6)10;3*8-6-4-2(10)1-3(11)5(4)7(9)12-6;/h1,4H,2H2,(H,15,18)(H,16,17);2H,1H2,(H,15,17);3H,1H2;5H,2H2,1H3;2H,1,10H2;2,10H,1H2;1H2;1H. The van der Waals surface area contributed by atoms with Crippen LogP contribution >= 0.6 is 315 Å². The number of ketones is 7. The molecule has 19 nitrogen and oxygen atoms in total. The highest BCUT2D eigenvalue weighted by atomic mass is 79.9. The van der Waals surface area contributed by atoms with Gasteiger partial charge in [-0.15, -0.1) is 91.8 Å². The maximum absolute atomic E-state index is 12.2. The van der Waals surface area contributed by atoms with Crippen molar-refractivity contribution in [2.75, 3.05) is 0 Å². The van der Waals surface area contributed by atoms with Gasteiger partial charge in [0.25, 0.3) is 0 Å². The van der Waals surface area contributed by atoms with Crippen molar-refractivity contribution in [3.05, 3.63) is 131 Å². The van der Waals surface area contributed by atoms with Gasteiger partial charge in [0.05, 0.1) is 119 Å². The van der Waals surface area contributed by atoms with Crippen molar-refractivity contribution in [3.8, 4) is 0 Å². The fourth-order valence-corrected chi connectivity index (χ4v) is 33.1. The summed E-state index contributed by atoms with van der Waals surface area (Å²) < 4.78 is 129. The molecule has 0 radical (unpaired) electrons. The van der Waals surface area contributed by atoms with Crippen LogP contribution in [0.3, 0.4) is 0 Å². The smallest absolute Gasteiger partial charge is 0.481 e. The first-order chi connectivity index (χ1) is 48.9. The first-order valence-corrected chi connectivity index (χ1v) is 44.6. The third-order valence-corrected chi connectivity index (χ3v) is 32.1. The third kappa shape index (κ3) is 22.9. The molecular weight excluding hydrogens is 2530 g/mol. The van der Waals surface area contributed by atoms with E-state index in [-0.39, 0.29) is 108 Å². The van der Waals surface area contributed by atoms with E-state index in [4.69, 9.17) is 15.6 Å². The number of esters is 2. The van der Waals surface area contributed by atoms with E-state index in [0.717, 1.165) is 63.9 Å². The van der Waals surface area contributed by atoms with Gasteiger partial charge in [-0.05, 0) is 229 Å². The number of aliphatic hydroxyl groups excluding tert-OH is 1. The number of halogens is 24. The third-order valence-electron chi connectivity index (χ3n) is 14.3. The van der Waals surface area contributed by atoms with Gasteiger partial charge < -0.3 is 36.1 Å². The lowest BCUT2D eigenvalue weighted by Gasteiger charge is -2.17. The number of Topliss-reactive ketones (excluding diaryl/α,β-unsaturated/α-hetero) is 7. The van der Waals surface area contributed by atoms with Crippen LogP contribution in [0.1, 0.15) is 194 Å². The molecule has 0 saturated heterocycles. The van der Waals surface area contributed by atoms with Crippen molar-refractivity contribution in [3.63, 3.8) is 0 Å². The van der Waals surface area contributed by atoms with Crippen LogP contribution in [0.2, 0.25) is 0 Å². The van der Waals surface area contributed by atoms with Crippen molar-refractivity contribution >= 4 is 385 Å². The molecule has 6 unspecified atom stereocenters. The number of carboxylic acids is 1. The topological polar surface area (TPSA) is 314 Å². The number of amides is 2. The van der Waals surface area contributed by atoms with Crippen LogP contribution < -0.4 is 16.4 Å². The van der Waals surface area contributed by atoms with E-state index in [2.05, 4.69) is 228 Å². The minimum Gasteiger partial charge on any atom is -0.481 e. The summed E-state index contributed by atoms with van der Waals surface area (Å²) >= 11 is 54.7. The summed E-state index contributed by atoms with van der Waals surface area (Å²) in [6.07, 6.45) is -17.5. The van der Waals surface area contributed by atoms with Gasteiger partial charge in [0.15, 0.2) is 40.5 Å². The van der Waals surface area contributed by atoms with Crippen LogP contribution in [0.25, 0.3) is 0 Å². The van der Waals surface area contributed by atoms with Crippen LogP contribution in [-0.4, -0.2) is 98.9 Å². The highest BCUT2D eigenvalue weighted by Crippen LogP contribution is 2.52. The Hall–Kier alpha value is -0.760. The summed E-state index contributed by atoms with van der Waals surface area (Å²) in [6, 6.07) is -0.856. The van der Waals surface area contributed by atoms with Gasteiger partial charge in [0.2, 0.25) is 0 Å². The maximum atomic E-state index is 12.2. The van der Waals surface area contributed by atoms with Crippen molar-refractivity contribution < 1.29 is 117 Å². The minimum atomic E-state index is -5.06. The van der Waals surface area contributed by atoms with E-state index in [0.29, 0.717) is 68.1 Å². The first kappa shape index (κ1) is 95.1. The number of fused-ring (bicyclic) bond motifs is 6. The number of aliphatic carboxylic acids is 1. The number of hydrogen-bond donors (Lipinski definition) is 5.